The summed E-state index contributed by atoms with van der Waals surface area (Å²) in [5.74, 6) is -2.60. The molecule has 0 aliphatic carbocycles. The second-order valence-electron chi connectivity index (χ2n) is 4.73. The van der Waals surface area contributed by atoms with Crippen LogP contribution in [-0.2, 0) is 9.59 Å². The fourth-order valence-electron chi connectivity index (χ4n) is 1.78. The molecule has 2 aromatic carbocycles. The van der Waals surface area contributed by atoms with E-state index in [2.05, 4.69) is 5.32 Å². The Morgan fingerprint density at radius 3 is 2.27 bits per heavy atom. The van der Waals surface area contributed by atoms with Gasteiger partial charge in [-0.2, -0.15) is 0 Å². The van der Waals surface area contributed by atoms with Crippen molar-refractivity contribution in [2.24, 2.45) is 0 Å². The van der Waals surface area contributed by atoms with Gasteiger partial charge in [-0.05, 0) is 48.9 Å². The van der Waals surface area contributed by atoms with Gasteiger partial charge in [0.05, 0.1) is 0 Å². The van der Waals surface area contributed by atoms with Crippen molar-refractivity contribution in [3.63, 3.8) is 0 Å². The topological polar surface area (TPSA) is 101 Å². The van der Waals surface area contributed by atoms with Crippen molar-refractivity contribution in [3.8, 4) is 0 Å². The van der Waals surface area contributed by atoms with Crippen molar-refractivity contribution in [1.29, 1.82) is 0 Å². The molecule has 2 rings (SSSR count). The smallest absolute Gasteiger partial charge is 0.316 e. The lowest BCUT2D eigenvalue weighted by Crippen LogP contribution is -2.39. The summed E-state index contributed by atoms with van der Waals surface area (Å²) in [5.41, 5.74) is 7.68. The average molecular weight is 297 g/mol. The number of carbonyl (C=O) groups is 3. The molecule has 2 aromatic rings. The third kappa shape index (κ3) is 3.92. The number of rotatable bonds is 2. The van der Waals surface area contributed by atoms with Gasteiger partial charge in [-0.15, -0.1) is 0 Å². The standard InChI is InChI=1S/C16H15N3O3/c1-10-3-2-4-13(9-10)18-15(21)16(22)19-14(20)11-5-7-12(17)8-6-11/h2-9H,17H2,1H3,(H,18,21)(H,19,20,22). The summed E-state index contributed by atoms with van der Waals surface area (Å²) in [5, 5.41) is 4.44. The molecule has 0 unspecified atom stereocenters. The molecule has 3 amide bonds. The van der Waals surface area contributed by atoms with E-state index in [0.29, 0.717) is 11.4 Å². The number of carbonyl (C=O) groups excluding carboxylic acids is 3. The van der Waals surface area contributed by atoms with Crippen LogP contribution in [0, 0.1) is 6.92 Å². The van der Waals surface area contributed by atoms with Gasteiger partial charge in [0.2, 0.25) is 0 Å². The normalized spacial score (nSPS) is 9.86. The number of nitrogens with one attached hydrogen (secondary N) is 2. The number of hydrogen-bond donors (Lipinski definition) is 3. The van der Waals surface area contributed by atoms with Gasteiger partial charge in [-0.25, -0.2) is 0 Å². The third-order valence-corrected chi connectivity index (χ3v) is 2.88. The fourth-order valence-corrected chi connectivity index (χ4v) is 1.78. The van der Waals surface area contributed by atoms with Crippen LogP contribution in [0.15, 0.2) is 48.5 Å². The van der Waals surface area contributed by atoms with Crippen LogP contribution in [0.25, 0.3) is 0 Å². The zero-order valence-electron chi connectivity index (χ0n) is 11.9. The zero-order chi connectivity index (χ0) is 16.1. The molecular weight excluding hydrogens is 282 g/mol. The maximum absolute atomic E-state index is 11.8. The number of benzene rings is 2. The number of nitrogen functional groups attached to an aromatic ring is 1. The van der Waals surface area contributed by atoms with Crippen LogP contribution < -0.4 is 16.4 Å². The van der Waals surface area contributed by atoms with Crippen LogP contribution in [0.3, 0.4) is 0 Å². The molecule has 6 nitrogen and oxygen atoms in total. The second kappa shape index (κ2) is 6.53. The Kier molecular flexibility index (Phi) is 4.53. The number of aryl methyl sites for hydroxylation is 1. The third-order valence-electron chi connectivity index (χ3n) is 2.88. The predicted molar refractivity (Wildman–Crippen MR) is 83.1 cm³/mol. The van der Waals surface area contributed by atoms with Gasteiger partial charge >= 0.3 is 11.8 Å². The van der Waals surface area contributed by atoms with Gasteiger partial charge in [0.25, 0.3) is 5.91 Å². The van der Waals surface area contributed by atoms with Crippen LogP contribution in [0.2, 0.25) is 0 Å². The van der Waals surface area contributed by atoms with Crippen molar-refractivity contribution in [3.05, 3.63) is 59.7 Å². The van der Waals surface area contributed by atoms with E-state index in [0.717, 1.165) is 5.56 Å². The van der Waals surface area contributed by atoms with Crippen LogP contribution >= 0.6 is 0 Å². The monoisotopic (exact) mass is 297 g/mol. The highest BCUT2D eigenvalue weighted by Crippen LogP contribution is 2.09. The molecule has 0 fully saturated rings. The molecule has 0 bridgehead atoms. The van der Waals surface area contributed by atoms with Crippen molar-refractivity contribution in [2.45, 2.75) is 6.92 Å². The van der Waals surface area contributed by atoms with Crippen molar-refractivity contribution >= 4 is 29.1 Å². The highest BCUT2D eigenvalue weighted by Gasteiger charge is 2.17. The van der Waals surface area contributed by atoms with Crippen molar-refractivity contribution < 1.29 is 14.4 Å². The first-order valence-electron chi connectivity index (χ1n) is 6.54. The molecule has 22 heavy (non-hydrogen) atoms. The lowest BCUT2D eigenvalue weighted by molar-refractivity contribution is -0.135. The summed E-state index contributed by atoms with van der Waals surface area (Å²) in [6, 6.07) is 13.0. The Morgan fingerprint density at radius 1 is 0.955 bits per heavy atom. The maximum Gasteiger partial charge on any atom is 0.316 e. The molecule has 112 valence electrons. The van der Waals surface area contributed by atoms with E-state index >= 15 is 0 Å². The Morgan fingerprint density at radius 2 is 1.64 bits per heavy atom. The van der Waals surface area contributed by atoms with Crippen LogP contribution in [0.4, 0.5) is 11.4 Å². The van der Waals surface area contributed by atoms with Crippen LogP contribution in [-0.4, -0.2) is 17.7 Å². The summed E-state index contributed by atoms with van der Waals surface area (Å²) in [4.78, 5) is 35.3. The Balaban J connectivity index is 1.98. The minimum Gasteiger partial charge on any atom is -0.399 e. The molecule has 0 radical (unpaired) electrons. The van der Waals surface area contributed by atoms with E-state index in [4.69, 9.17) is 5.73 Å². The van der Waals surface area contributed by atoms with Gasteiger partial charge < -0.3 is 11.1 Å². The number of anilines is 2. The molecule has 0 aromatic heterocycles. The SMILES string of the molecule is Cc1cccc(NC(=O)C(=O)NC(=O)c2ccc(N)cc2)c1. The summed E-state index contributed by atoms with van der Waals surface area (Å²) < 4.78 is 0. The highest BCUT2D eigenvalue weighted by atomic mass is 16.2. The molecule has 0 spiro atoms. The molecule has 0 saturated heterocycles. The van der Waals surface area contributed by atoms with E-state index < -0.39 is 17.7 Å². The minimum atomic E-state index is -1.02. The molecule has 0 saturated carbocycles. The van der Waals surface area contributed by atoms with E-state index in [1.54, 1.807) is 18.2 Å². The molecule has 0 atom stereocenters. The lowest BCUT2D eigenvalue weighted by Gasteiger charge is -2.06. The number of amides is 3. The zero-order valence-corrected chi connectivity index (χ0v) is 11.9. The first kappa shape index (κ1) is 15.2. The van der Waals surface area contributed by atoms with Gasteiger partial charge in [0.1, 0.15) is 0 Å². The molecule has 0 aliphatic rings. The van der Waals surface area contributed by atoms with Crippen molar-refractivity contribution in [1.82, 2.24) is 5.32 Å². The van der Waals surface area contributed by atoms with Crippen LogP contribution in [0.1, 0.15) is 15.9 Å². The van der Waals surface area contributed by atoms with Gasteiger partial charge in [0.15, 0.2) is 0 Å². The lowest BCUT2D eigenvalue weighted by atomic mass is 10.2. The number of imide groups is 1. The first-order chi connectivity index (χ1) is 10.5. The Bertz CT molecular complexity index is 724. The molecule has 0 heterocycles. The fraction of sp³-hybridized carbons (Fsp3) is 0.0625. The summed E-state index contributed by atoms with van der Waals surface area (Å²) in [7, 11) is 0. The largest absolute Gasteiger partial charge is 0.399 e. The molecule has 6 heteroatoms. The Hall–Kier alpha value is -3.15. The van der Waals surface area contributed by atoms with E-state index in [1.165, 1.54) is 24.3 Å². The molecular formula is C16H15N3O3. The number of hydrogen-bond acceptors (Lipinski definition) is 4. The van der Waals surface area contributed by atoms with Crippen LogP contribution in [0.5, 0.6) is 0 Å². The highest BCUT2D eigenvalue weighted by molar-refractivity contribution is 6.42. The average Bonchev–Trinajstić information content (AvgIpc) is 2.47. The molecule has 4 N–H and O–H groups in total. The van der Waals surface area contributed by atoms with Gasteiger partial charge in [0, 0.05) is 16.9 Å². The van der Waals surface area contributed by atoms with E-state index in [-0.39, 0.29) is 5.56 Å². The quantitative estimate of drug-likeness (QED) is 0.577. The number of nitrogens with two attached hydrogens (primary N) is 1. The van der Waals surface area contributed by atoms with Gasteiger partial charge in [-0.1, -0.05) is 12.1 Å². The Labute approximate surface area is 127 Å². The maximum atomic E-state index is 11.8. The molecule has 0 aliphatic heterocycles. The van der Waals surface area contributed by atoms with E-state index in [9.17, 15) is 14.4 Å². The first-order valence-corrected chi connectivity index (χ1v) is 6.54. The predicted octanol–water partition coefficient (Wildman–Crippen LogP) is 1.47. The summed E-state index contributed by atoms with van der Waals surface area (Å²) >= 11 is 0. The minimum absolute atomic E-state index is 0.242. The second-order valence-corrected chi connectivity index (χ2v) is 4.73. The summed E-state index contributed by atoms with van der Waals surface area (Å²) in [6.45, 7) is 1.86. The van der Waals surface area contributed by atoms with E-state index in [1.807, 2.05) is 18.3 Å². The van der Waals surface area contributed by atoms with Crippen molar-refractivity contribution in [2.75, 3.05) is 11.1 Å². The summed E-state index contributed by atoms with van der Waals surface area (Å²) in [6.07, 6.45) is 0. The van der Waals surface area contributed by atoms with Gasteiger partial charge in [-0.3, -0.25) is 19.7 Å².